The second-order valence-electron chi connectivity index (χ2n) is 8.39. The molecular formula is C24H46O5. The van der Waals surface area contributed by atoms with Gasteiger partial charge in [-0.25, -0.2) is 0 Å². The molecule has 4 atom stereocenters. The van der Waals surface area contributed by atoms with Crippen LogP contribution < -0.4 is 0 Å². The summed E-state index contributed by atoms with van der Waals surface area (Å²) in [5, 5.41) is 28.8. The van der Waals surface area contributed by atoms with Crippen molar-refractivity contribution in [1.29, 1.82) is 0 Å². The number of ether oxygens (including phenoxy) is 2. The zero-order chi connectivity index (χ0) is 21.2. The van der Waals surface area contributed by atoms with Crippen molar-refractivity contribution in [2.75, 3.05) is 19.8 Å². The number of hydrogen-bond acceptors (Lipinski definition) is 5. The molecule has 1 aliphatic rings. The minimum absolute atomic E-state index is 0.0928. The van der Waals surface area contributed by atoms with Crippen molar-refractivity contribution >= 4 is 0 Å². The zero-order valence-electron chi connectivity index (χ0n) is 18.6. The Hall–Kier alpha value is -0.460. The van der Waals surface area contributed by atoms with Gasteiger partial charge in [-0.05, 0) is 32.1 Å². The van der Waals surface area contributed by atoms with E-state index in [0.29, 0.717) is 6.61 Å². The van der Waals surface area contributed by atoms with Gasteiger partial charge in [0.15, 0.2) is 0 Å². The molecule has 0 aromatic heterocycles. The van der Waals surface area contributed by atoms with E-state index < -0.39 is 24.4 Å². The summed E-state index contributed by atoms with van der Waals surface area (Å²) in [6.07, 6.45) is 19.4. The van der Waals surface area contributed by atoms with Crippen molar-refractivity contribution in [3.05, 3.63) is 12.2 Å². The minimum atomic E-state index is -0.985. The van der Waals surface area contributed by atoms with Crippen LogP contribution in [-0.4, -0.2) is 59.6 Å². The second kappa shape index (κ2) is 18.3. The fraction of sp³-hybridized carbons (Fsp3) is 0.917. The predicted molar refractivity (Wildman–Crippen MR) is 118 cm³/mol. The van der Waals surface area contributed by atoms with E-state index >= 15 is 0 Å². The van der Waals surface area contributed by atoms with E-state index in [-0.39, 0.29) is 13.2 Å². The lowest BCUT2D eigenvalue weighted by molar-refractivity contribution is -0.101. The normalized spacial score (nSPS) is 23.2. The molecule has 1 saturated heterocycles. The molecule has 1 fully saturated rings. The first-order valence-corrected chi connectivity index (χ1v) is 12.1. The Morgan fingerprint density at radius 3 is 1.93 bits per heavy atom. The average molecular weight is 415 g/mol. The number of aliphatic hydroxyl groups is 3. The summed E-state index contributed by atoms with van der Waals surface area (Å²) >= 11 is 0. The Morgan fingerprint density at radius 2 is 1.41 bits per heavy atom. The molecule has 0 amide bonds. The smallest absolute Gasteiger partial charge is 0.114 e. The fourth-order valence-corrected chi connectivity index (χ4v) is 3.79. The summed E-state index contributed by atoms with van der Waals surface area (Å²) in [5.74, 6) is 0. The SMILES string of the molecule is CCCCCCCCCCCC/C=C/CCCCO[C@@H](CO)[C@@H]1OC[C@@H](O)[C@@H]1O. The number of aliphatic hydroxyl groups excluding tert-OH is 3. The van der Waals surface area contributed by atoms with Crippen LogP contribution >= 0.6 is 0 Å². The van der Waals surface area contributed by atoms with E-state index in [9.17, 15) is 15.3 Å². The van der Waals surface area contributed by atoms with Gasteiger partial charge in [-0.15, -0.1) is 0 Å². The van der Waals surface area contributed by atoms with Crippen molar-refractivity contribution in [2.24, 2.45) is 0 Å². The number of unbranched alkanes of at least 4 members (excludes halogenated alkanes) is 12. The largest absolute Gasteiger partial charge is 0.394 e. The summed E-state index contributed by atoms with van der Waals surface area (Å²) in [6, 6.07) is 0. The van der Waals surface area contributed by atoms with Gasteiger partial charge < -0.3 is 24.8 Å². The molecule has 0 radical (unpaired) electrons. The Kier molecular flexibility index (Phi) is 16.8. The first kappa shape index (κ1) is 26.6. The molecule has 29 heavy (non-hydrogen) atoms. The van der Waals surface area contributed by atoms with E-state index in [1.54, 1.807) is 0 Å². The van der Waals surface area contributed by atoms with E-state index in [2.05, 4.69) is 19.1 Å². The summed E-state index contributed by atoms with van der Waals surface area (Å²) in [7, 11) is 0. The highest BCUT2D eigenvalue weighted by atomic mass is 16.6. The lowest BCUT2D eigenvalue weighted by atomic mass is 10.1. The van der Waals surface area contributed by atoms with E-state index in [4.69, 9.17) is 9.47 Å². The molecule has 1 rings (SSSR count). The molecule has 0 bridgehead atoms. The van der Waals surface area contributed by atoms with E-state index in [1.807, 2.05) is 0 Å². The molecule has 0 aliphatic carbocycles. The second-order valence-corrected chi connectivity index (χ2v) is 8.39. The van der Waals surface area contributed by atoms with Crippen LogP contribution in [0.5, 0.6) is 0 Å². The molecule has 1 heterocycles. The summed E-state index contributed by atoms with van der Waals surface area (Å²) in [4.78, 5) is 0. The lowest BCUT2D eigenvalue weighted by Crippen LogP contribution is -2.42. The number of hydrogen-bond donors (Lipinski definition) is 3. The maximum atomic E-state index is 9.83. The average Bonchev–Trinajstić information content (AvgIpc) is 3.06. The minimum Gasteiger partial charge on any atom is -0.394 e. The van der Waals surface area contributed by atoms with Crippen molar-refractivity contribution in [3.63, 3.8) is 0 Å². The van der Waals surface area contributed by atoms with Crippen LogP contribution in [0.3, 0.4) is 0 Å². The van der Waals surface area contributed by atoms with Gasteiger partial charge in [-0.1, -0.05) is 76.9 Å². The van der Waals surface area contributed by atoms with Crippen molar-refractivity contribution in [3.8, 4) is 0 Å². The lowest BCUT2D eigenvalue weighted by Gasteiger charge is -2.24. The van der Waals surface area contributed by atoms with Gasteiger partial charge in [-0.3, -0.25) is 0 Å². The molecule has 0 saturated carbocycles. The summed E-state index contributed by atoms with van der Waals surface area (Å²) in [5.41, 5.74) is 0. The molecule has 5 nitrogen and oxygen atoms in total. The van der Waals surface area contributed by atoms with Gasteiger partial charge >= 0.3 is 0 Å². The third kappa shape index (κ3) is 12.7. The van der Waals surface area contributed by atoms with Gasteiger partial charge in [0.2, 0.25) is 0 Å². The number of rotatable bonds is 19. The topological polar surface area (TPSA) is 79.2 Å². The third-order valence-corrected chi connectivity index (χ3v) is 5.72. The Labute approximate surface area is 178 Å². The zero-order valence-corrected chi connectivity index (χ0v) is 18.6. The van der Waals surface area contributed by atoms with Crippen molar-refractivity contribution in [1.82, 2.24) is 0 Å². The molecule has 0 aromatic rings. The van der Waals surface area contributed by atoms with E-state index in [0.717, 1.165) is 19.3 Å². The molecule has 0 aromatic carbocycles. The molecular weight excluding hydrogens is 368 g/mol. The Morgan fingerprint density at radius 1 is 0.862 bits per heavy atom. The summed E-state index contributed by atoms with van der Waals surface area (Å²) < 4.78 is 11.0. The van der Waals surface area contributed by atoms with Gasteiger partial charge in [0.25, 0.3) is 0 Å². The van der Waals surface area contributed by atoms with Crippen LogP contribution in [0, 0.1) is 0 Å². The Balaban J connectivity index is 1.87. The highest BCUT2D eigenvalue weighted by molar-refractivity contribution is 4.88. The quantitative estimate of drug-likeness (QED) is 0.214. The van der Waals surface area contributed by atoms with Gasteiger partial charge in [-0.2, -0.15) is 0 Å². The first-order chi connectivity index (χ1) is 14.2. The predicted octanol–water partition coefficient (Wildman–Crippen LogP) is 4.52. The van der Waals surface area contributed by atoms with Gasteiger partial charge in [0.05, 0.1) is 13.2 Å². The molecule has 1 aliphatic heterocycles. The van der Waals surface area contributed by atoms with E-state index in [1.165, 1.54) is 70.6 Å². The monoisotopic (exact) mass is 414 g/mol. The third-order valence-electron chi connectivity index (χ3n) is 5.72. The highest BCUT2D eigenvalue weighted by Crippen LogP contribution is 2.19. The molecule has 3 N–H and O–H groups in total. The van der Waals surface area contributed by atoms with Crippen LogP contribution in [0.15, 0.2) is 12.2 Å². The van der Waals surface area contributed by atoms with Gasteiger partial charge in [0.1, 0.15) is 24.4 Å². The molecule has 5 heteroatoms. The first-order valence-electron chi connectivity index (χ1n) is 12.1. The fourth-order valence-electron chi connectivity index (χ4n) is 3.79. The van der Waals surface area contributed by atoms with Crippen LogP contribution in [0.25, 0.3) is 0 Å². The number of allylic oxidation sites excluding steroid dienone is 2. The van der Waals surface area contributed by atoms with Crippen LogP contribution in [0.2, 0.25) is 0 Å². The van der Waals surface area contributed by atoms with Crippen molar-refractivity contribution in [2.45, 2.75) is 121 Å². The highest BCUT2D eigenvalue weighted by Gasteiger charge is 2.40. The van der Waals surface area contributed by atoms with Gasteiger partial charge in [0, 0.05) is 6.61 Å². The van der Waals surface area contributed by atoms with Crippen LogP contribution in [0.1, 0.15) is 96.8 Å². The molecule has 172 valence electrons. The molecule has 0 unspecified atom stereocenters. The summed E-state index contributed by atoms with van der Waals surface area (Å²) in [6.45, 7) is 2.67. The van der Waals surface area contributed by atoms with Crippen molar-refractivity contribution < 1.29 is 24.8 Å². The van der Waals surface area contributed by atoms with Crippen LogP contribution in [-0.2, 0) is 9.47 Å². The Bertz CT molecular complexity index is 387. The molecule has 0 spiro atoms. The standard InChI is InChI=1S/C24H46O5/c1-2-3-4-5-6-7-8-9-10-11-12-13-14-15-16-17-18-28-22(19-25)24-23(27)21(26)20-29-24/h13-14,21-27H,2-12,15-20H2,1H3/b14-13+/t21-,22+,23+,24+/m1/s1. The maximum Gasteiger partial charge on any atom is 0.114 e. The van der Waals surface area contributed by atoms with Crippen LogP contribution in [0.4, 0.5) is 0 Å². The maximum absolute atomic E-state index is 9.83.